The molecule has 0 spiro atoms. The predicted octanol–water partition coefficient (Wildman–Crippen LogP) is 2.92. The van der Waals surface area contributed by atoms with E-state index in [4.69, 9.17) is 0 Å². The number of hydrogen-bond acceptors (Lipinski definition) is 3. The second-order valence-electron chi connectivity index (χ2n) is 5.17. The van der Waals surface area contributed by atoms with E-state index in [1.165, 1.54) is 12.1 Å². The average molecular weight is 265 g/mol. The summed E-state index contributed by atoms with van der Waals surface area (Å²) in [5, 5.41) is 9.56. The van der Waals surface area contributed by atoms with Crippen LogP contribution in [0.3, 0.4) is 0 Å². The quantitative estimate of drug-likeness (QED) is 0.774. The average Bonchev–Trinajstić information content (AvgIpc) is 2.80. The summed E-state index contributed by atoms with van der Waals surface area (Å²) in [6.07, 6.45) is 5.31. The number of phenols is 1. The van der Waals surface area contributed by atoms with Crippen molar-refractivity contribution < 1.29 is 5.11 Å². The highest BCUT2D eigenvalue weighted by Gasteiger charge is 2.15. The molecular weight excluding hydrogens is 250 g/mol. The van der Waals surface area contributed by atoms with E-state index in [2.05, 4.69) is 22.0 Å². The zero-order valence-electron chi connectivity index (χ0n) is 11.0. The van der Waals surface area contributed by atoms with Crippen molar-refractivity contribution in [3.63, 3.8) is 0 Å². The Labute approximate surface area is 116 Å². The number of phenolic OH excluding ortho intramolecular Hbond substituents is 1. The summed E-state index contributed by atoms with van der Waals surface area (Å²) in [6.45, 7) is 2.27. The molecule has 1 aliphatic heterocycles. The molecule has 2 aromatic heterocycles. The molecule has 1 aromatic carbocycles. The van der Waals surface area contributed by atoms with Crippen molar-refractivity contribution in [3.05, 3.63) is 48.8 Å². The molecule has 0 unspecified atom stereocenters. The third kappa shape index (κ3) is 1.81. The number of anilines is 1. The van der Waals surface area contributed by atoms with Crippen LogP contribution in [0.4, 0.5) is 5.69 Å². The molecule has 0 aliphatic carbocycles. The van der Waals surface area contributed by atoms with Crippen molar-refractivity contribution in [3.8, 4) is 17.0 Å². The Hall–Kier alpha value is -2.49. The summed E-state index contributed by atoms with van der Waals surface area (Å²) in [5.41, 5.74) is 3.98. The zero-order valence-corrected chi connectivity index (χ0v) is 11.0. The molecule has 1 N–H and O–H groups in total. The molecule has 0 atom stereocenters. The lowest BCUT2D eigenvalue weighted by atomic mass is 10.1. The van der Waals surface area contributed by atoms with Crippen LogP contribution in [-0.2, 0) is 0 Å². The number of nitrogens with zero attached hydrogens (tertiary/aromatic N) is 3. The monoisotopic (exact) mass is 265 g/mol. The molecule has 1 fully saturated rings. The van der Waals surface area contributed by atoms with Crippen LogP contribution in [0.5, 0.6) is 5.75 Å². The van der Waals surface area contributed by atoms with Gasteiger partial charge in [0.05, 0.1) is 5.69 Å². The van der Waals surface area contributed by atoms with Gasteiger partial charge in [-0.1, -0.05) is 12.1 Å². The van der Waals surface area contributed by atoms with E-state index in [9.17, 15) is 5.11 Å². The van der Waals surface area contributed by atoms with Crippen molar-refractivity contribution >= 4 is 11.3 Å². The Morgan fingerprint density at radius 2 is 2.00 bits per heavy atom. The van der Waals surface area contributed by atoms with E-state index in [-0.39, 0.29) is 5.75 Å². The van der Waals surface area contributed by atoms with Crippen molar-refractivity contribution in [1.82, 2.24) is 9.38 Å². The molecule has 3 heterocycles. The number of rotatable bonds is 2. The molecule has 0 radical (unpaired) electrons. The van der Waals surface area contributed by atoms with Gasteiger partial charge in [-0.25, -0.2) is 4.98 Å². The molecule has 4 nitrogen and oxygen atoms in total. The van der Waals surface area contributed by atoms with E-state index in [1.54, 1.807) is 12.1 Å². The van der Waals surface area contributed by atoms with Crippen molar-refractivity contribution in [2.24, 2.45) is 0 Å². The van der Waals surface area contributed by atoms with Gasteiger partial charge in [0.15, 0.2) is 0 Å². The van der Waals surface area contributed by atoms with Gasteiger partial charge < -0.3 is 14.4 Å². The maximum atomic E-state index is 9.56. The Bertz CT molecular complexity index is 774. The number of hydrogen-bond donors (Lipinski definition) is 1. The van der Waals surface area contributed by atoms with E-state index in [0.717, 1.165) is 30.0 Å². The first-order valence-corrected chi connectivity index (χ1v) is 6.83. The van der Waals surface area contributed by atoms with Gasteiger partial charge in [-0.2, -0.15) is 0 Å². The Morgan fingerprint density at radius 3 is 2.75 bits per heavy atom. The maximum absolute atomic E-state index is 9.56. The first-order chi connectivity index (χ1) is 9.79. The highest BCUT2D eigenvalue weighted by atomic mass is 16.3. The standard InChI is InChI=1S/C16H15N3O/c20-14-4-1-3-12(9-14)15-11-19-8-5-13(10-16(19)17-15)18-6-2-7-18/h1,3-5,8-11,20H,2,6-7H2. The third-order valence-corrected chi connectivity index (χ3v) is 3.81. The topological polar surface area (TPSA) is 40.8 Å². The summed E-state index contributed by atoms with van der Waals surface area (Å²) >= 11 is 0. The highest BCUT2D eigenvalue weighted by molar-refractivity contribution is 5.66. The molecule has 0 amide bonds. The number of imidazole rings is 1. The van der Waals surface area contributed by atoms with Gasteiger partial charge in [0.2, 0.25) is 0 Å². The van der Waals surface area contributed by atoms with Crippen LogP contribution in [-0.4, -0.2) is 27.6 Å². The fourth-order valence-electron chi connectivity index (χ4n) is 2.55. The van der Waals surface area contributed by atoms with Gasteiger partial charge in [-0.05, 0) is 24.6 Å². The van der Waals surface area contributed by atoms with E-state index in [1.807, 2.05) is 28.9 Å². The molecule has 3 aromatic rings. The van der Waals surface area contributed by atoms with Crippen LogP contribution in [0, 0.1) is 0 Å². The van der Waals surface area contributed by atoms with Crippen LogP contribution in [0.25, 0.3) is 16.9 Å². The molecule has 4 rings (SSSR count). The number of aromatic hydroxyl groups is 1. The minimum absolute atomic E-state index is 0.265. The molecule has 100 valence electrons. The summed E-state index contributed by atoms with van der Waals surface area (Å²) in [5.74, 6) is 0.265. The van der Waals surface area contributed by atoms with Crippen molar-refractivity contribution in [1.29, 1.82) is 0 Å². The van der Waals surface area contributed by atoms with Gasteiger partial charge in [-0.15, -0.1) is 0 Å². The molecule has 4 heteroatoms. The van der Waals surface area contributed by atoms with Gasteiger partial charge in [-0.3, -0.25) is 0 Å². The lowest BCUT2D eigenvalue weighted by Crippen LogP contribution is -2.36. The smallest absolute Gasteiger partial charge is 0.139 e. The SMILES string of the molecule is Oc1cccc(-c2cn3ccc(N4CCC4)cc3n2)c1. The maximum Gasteiger partial charge on any atom is 0.139 e. The van der Waals surface area contributed by atoms with Gasteiger partial charge >= 0.3 is 0 Å². The van der Waals surface area contributed by atoms with Crippen LogP contribution >= 0.6 is 0 Å². The first-order valence-electron chi connectivity index (χ1n) is 6.83. The van der Waals surface area contributed by atoms with Gasteiger partial charge in [0, 0.05) is 42.8 Å². The Morgan fingerprint density at radius 1 is 1.10 bits per heavy atom. The van der Waals surface area contributed by atoms with Crippen LogP contribution < -0.4 is 4.90 Å². The number of pyridine rings is 1. The fourth-order valence-corrected chi connectivity index (χ4v) is 2.55. The lowest BCUT2D eigenvalue weighted by molar-refractivity contribution is 0.475. The summed E-state index contributed by atoms with van der Waals surface area (Å²) in [7, 11) is 0. The van der Waals surface area contributed by atoms with Crippen LogP contribution in [0.15, 0.2) is 48.8 Å². The second kappa shape index (κ2) is 4.27. The normalized spacial score (nSPS) is 14.5. The van der Waals surface area contributed by atoms with Crippen LogP contribution in [0.1, 0.15) is 6.42 Å². The minimum Gasteiger partial charge on any atom is -0.508 e. The van der Waals surface area contributed by atoms with Gasteiger partial charge in [0.25, 0.3) is 0 Å². The third-order valence-electron chi connectivity index (χ3n) is 3.81. The Kier molecular flexibility index (Phi) is 2.42. The molecule has 1 aliphatic rings. The summed E-state index contributed by atoms with van der Waals surface area (Å²) < 4.78 is 2.02. The summed E-state index contributed by atoms with van der Waals surface area (Å²) in [4.78, 5) is 7.00. The molecule has 1 saturated heterocycles. The highest BCUT2D eigenvalue weighted by Crippen LogP contribution is 2.26. The van der Waals surface area contributed by atoms with E-state index < -0.39 is 0 Å². The first kappa shape index (κ1) is 11.3. The lowest BCUT2D eigenvalue weighted by Gasteiger charge is -2.33. The Balaban J connectivity index is 1.78. The second-order valence-corrected chi connectivity index (χ2v) is 5.17. The van der Waals surface area contributed by atoms with Crippen LogP contribution in [0.2, 0.25) is 0 Å². The van der Waals surface area contributed by atoms with Gasteiger partial charge in [0.1, 0.15) is 11.4 Å². The number of fused-ring (bicyclic) bond motifs is 1. The number of benzene rings is 1. The van der Waals surface area contributed by atoms with Crippen molar-refractivity contribution in [2.45, 2.75) is 6.42 Å². The molecular formula is C16H15N3O. The largest absolute Gasteiger partial charge is 0.508 e. The minimum atomic E-state index is 0.265. The molecule has 0 bridgehead atoms. The summed E-state index contributed by atoms with van der Waals surface area (Å²) in [6, 6.07) is 11.4. The zero-order chi connectivity index (χ0) is 13.5. The van der Waals surface area contributed by atoms with E-state index in [0.29, 0.717) is 0 Å². The fraction of sp³-hybridized carbons (Fsp3) is 0.188. The number of aromatic nitrogens is 2. The predicted molar refractivity (Wildman–Crippen MR) is 79.1 cm³/mol. The van der Waals surface area contributed by atoms with Crippen molar-refractivity contribution in [2.75, 3.05) is 18.0 Å². The molecule has 0 saturated carbocycles. The van der Waals surface area contributed by atoms with E-state index >= 15 is 0 Å². The molecule has 20 heavy (non-hydrogen) atoms.